The highest BCUT2D eigenvalue weighted by molar-refractivity contribution is 5.70. The van der Waals surface area contributed by atoms with Crippen molar-refractivity contribution in [3.05, 3.63) is 12.2 Å². The number of hydrogen-bond donors (Lipinski definition) is 1. The third kappa shape index (κ3) is 17.8. The minimum Gasteiger partial charge on any atom is -0.550 e. The molecule has 1 N–H and O–H groups in total. The van der Waals surface area contributed by atoms with Crippen LogP contribution in [0, 0.1) is 0 Å². The number of esters is 1. The summed E-state index contributed by atoms with van der Waals surface area (Å²) in [4.78, 5) is 22.8. The lowest BCUT2D eigenvalue weighted by atomic mass is 10.1. The van der Waals surface area contributed by atoms with Crippen molar-refractivity contribution in [2.45, 2.75) is 83.3 Å². The van der Waals surface area contributed by atoms with Crippen LogP contribution in [0.15, 0.2) is 12.2 Å². The van der Waals surface area contributed by atoms with Crippen LogP contribution < -0.4 is 5.11 Å². The summed E-state index contributed by atoms with van der Waals surface area (Å²) in [6.45, 7) is 2.58. The molecular weight excluding hydrogens is 346 g/mol. The van der Waals surface area contributed by atoms with E-state index in [1.54, 1.807) is 0 Å². The van der Waals surface area contributed by atoms with E-state index in [1.165, 1.54) is 0 Å². The maximum absolute atomic E-state index is 11.9. The molecule has 0 rings (SSSR count). The summed E-state index contributed by atoms with van der Waals surface area (Å²) in [6.07, 6.45) is 10.5. The molecule has 0 aromatic heterocycles. The fraction of sp³-hybridized carbons (Fsp3) is 0.810. The number of aliphatic hydroxyl groups excluding tert-OH is 1. The number of aliphatic carboxylic acids is 1. The van der Waals surface area contributed by atoms with E-state index in [-0.39, 0.29) is 24.9 Å². The van der Waals surface area contributed by atoms with Crippen molar-refractivity contribution in [2.24, 2.45) is 0 Å². The molecule has 158 valence electrons. The maximum atomic E-state index is 11.9. The standard InChI is InChI=1S/C21H39NO5/c1-5-6-10-13-18(23)14-11-8-7-9-12-15-21(26)27-19(16-20(24)25)17-22(2,3)4/h8,11,18-19,23H,5-7,9-10,12-17H2,1-4H3/b11-8+. The van der Waals surface area contributed by atoms with E-state index in [9.17, 15) is 19.8 Å². The molecule has 0 heterocycles. The molecule has 2 unspecified atom stereocenters. The highest BCUT2D eigenvalue weighted by atomic mass is 16.5. The van der Waals surface area contributed by atoms with Crippen LogP contribution in [0.3, 0.4) is 0 Å². The van der Waals surface area contributed by atoms with Crippen LogP contribution in [0.4, 0.5) is 0 Å². The first-order chi connectivity index (χ1) is 12.6. The SMILES string of the molecule is CCCCCC(O)C/C=C/CCCCC(=O)OC(CC(=O)[O-])C[N+](C)(C)C. The number of nitrogens with zero attached hydrogens (tertiary/aromatic N) is 1. The van der Waals surface area contributed by atoms with Crippen LogP contribution in [0.1, 0.15) is 71.1 Å². The number of carbonyl (C=O) groups excluding carboxylic acids is 2. The normalized spacial score (nSPS) is 14.3. The second-order valence-corrected chi connectivity index (χ2v) is 8.26. The number of carboxylic acids is 1. The smallest absolute Gasteiger partial charge is 0.306 e. The van der Waals surface area contributed by atoms with Gasteiger partial charge in [-0.2, -0.15) is 0 Å². The van der Waals surface area contributed by atoms with Gasteiger partial charge in [0.1, 0.15) is 6.54 Å². The van der Waals surface area contributed by atoms with Crippen molar-refractivity contribution in [3.8, 4) is 0 Å². The van der Waals surface area contributed by atoms with Crippen molar-refractivity contribution < 1.29 is 29.0 Å². The number of rotatable bonds is 16. The molecule has 0 bridgehead atoms. The van der Waals surface area contributed by atoms with Crippen molar-refractivity contribution in [1.29, 1.82) is 0 Å². The van der Waals surface area contributed by atoms with Gasteiger partial charge in [-0.1, -0.05) is 38.3 Å². The summed E-state index contributed by atoms with van der Waals surface area (Å²) in [5.74, 6) is -1.56. The summed E-state index contributed by atoms with van der Waals surface area (Å²) >= 11 is 0. The first-order valence-electron chi connectivity index (χ1n) is 10.2. The minimum atomic E-state index is -1.21. The molecule has 0 spiro atoms. The fourth-order valence-corrected chi connectivity index (χ4v) is 2.84. The average molecular weight is 386 g/mol. The topological polar surface area (TPSA) is 86.7 Å². The molecule has 0 aromatic carbocycles. The Morgan fingerprint density at radius 3 is 2.41 bits per heavy atom. The third-order valence-corrected chi connectivity index (χ3v) is 4.16. The van der Waals surface area contributed by atoms with Crippen molar-refractivity contribution in [3.63, 3.8) is 0 Å². The summed E-state index contributed by atoms with van der Waals surface area (Å²) in [5, 5.41) is 20.6. The molecule has 0 aromatic rings. The molecule has 0 aliphatic heterocycles. The van der Waals surface area contributed by atoms with Crippen LogP contribution in [0.2, 0.25) is 0 Å². The van der Waals surface area contributed by atoms with Gasteiger partial charge in [0, 0.05) is 18.8 Å². The number of hydrogen-bond acceptors (Lipinski definition) is 5. The number of unbranched alkanes of at least 4 members (excludes halogenated alkanes) is 4. The number of likely N-dealkylation sites (N-methyl/N-ethyl adjacent to an activating group) is 1. The highest BCUT2D eigenvalue weighted by Gasteiger charge is 2.22. The zero-order chi connectivity index (χ0) is 20.7. The lowest BCUT2D eigenvalue weighted by Gasteiger charge is -2.29. The minimum absolute atomic E-state index is 0.260. The predicted octanol–water partition coefficient (Wildman–Crippen LogP) is 2.19. The van der Waals surface area contributed by atoms with E-state index in [2.05, 4.69) is 6.92 Å². The maximum Gasteiger partial charge on any atom is 0.306 e. The van der Waals surface area contributed by atoms with Crippen LogP contribution in [0.5, 0.6) is 0 Å². The van der Waals surface area contributed by atoms with Gasteiger partial charge in [-0.3, -0.25) is 4.79 Å². The fourth-order valence-electron chi connectivity index (χ4n) is 2.84. The van der Waals surface area contributed by atoms with E-state index in [4.69, 9.17) is 4.74 Å². The van der Waals surface area contributed by atoms with Crippen molar-refractivity contribution in [1.82, 2.24) is 0 Å². The number of carbonyl (C=O) groups is 2. The molecule has 2 atom stereocenters. The van der Waals surface area contributed by atoms with E-state index >= 15 is 0 Å². The first kappa shape index (κ1) is 25.6. The summed E-state index contributed by atoms with van der Waals surface area (Å²) < 4.78 is 5.83. The van der Waals surface area contributed by atoms with Gasteiger partial charge >= 0.3 is 5.97 Å². The summed E-state index contributed by atoms with van der Waals surface area (Å²) in [5.41, 5.74) is 0. The van der Waals surface area contributed by atoms with Gasteiger partial charge in [0.15, 0.2) is 6.10 Å². The molecule has 0 saturated heterocycles. The molecule has 0 fully saturated rings. The lowest BCUT2D eigenvalue weighted by Crippen LogP contribution is -2.45. The van der Waals surface area contributed by atoms with Gasteiger partial charge in [0.05, 0.1) is 27.2 Å². The van der Waals surface area contributed by atoms with Gasteiger partial charge in [-0.15, -0.1) is 0 Å². The average Bonchev–Trinajstić information content (AvgIpc) is 2.51. The monoisotopic (exact) mass is 385 g/mol. The predicted molar refractivity (Wildman–Crippen MR) is 105 cm³/mol. The second kappa shape index (κ2) is 14.6. The Balaban J connectivity index is 3.94. The quantitative estimate of drug-likeness (QED) is 0.190. The van der Waals surface area contributed by atoms with Crippen molar-refractivity contribution >= 4 is 11.9 Å². The van der Waals surface area contributed by atoms with E-state index < -0.39 is 12.1 Å². The van der Waals surface area contributed by atoms with Crippen LogP contribution in [-0.2, 0) is 14.3 Å². The number of carboxylic acid groups (broad SMARTS) is 1. The van der Waals surface area contributed by atoms with E-state index in [0.29, 0.717) is 23.9 Å². The zero-order valence-corrected chi connectivity index (χ0v) is 17.6. The summed E-state index contributed by atoms with van der Waals surface area (Å²) in [6, 6.07) is 0. The van der Waals surface area contributed by atoms with Crippen LogP contribution in [0.25, 0.3) is 0 Å². The first-order valence-corrected chi connectivity index (χ1v) is 10.2. The molecule has 6 nitrogen and oxygen atoms in total. The Morgan fingerprint density at radius 2 is 1.81 bits per heavy atom. The molecule has 27 heavy (non-hydrogen) atoms. The lowest BCUT2D eigenvalue weighted by molar-refractivity contribution is -0.873. The number of allylic oxidation sites excluding steroid dienone is 1. The van der Waals surface area contributed by atoms with Gasteiger partial charge in [-0.05, 0) is 32.1 Å². The molecule has 0 aliphatic rings. The van der Waals surface area contributed by atoms with Crippen LogP contribution >= 0.6 is 0 Å². The van der Waals surface area contributed by atoms with Gasteiger partial charge in [0.25, 0.3) is 0 Å². The number of aliphatic hydroxyl groups is 1. The Morgan fingerprint density at radius 1 is 1.11 bits per heavy atom. The Bertz CT molecular complexity index is 442. The largest absolute Gasteiger partial charge is 0.550 e. The second-order valence-electron chi connectivity index (χ2n) is 8.26. The molecule has 0 saturated carbocycles. The van der Waals surface area contributed by atoms with E-state index in [0.717, 1.165) is 38.5 Å². The molecule has 0 radical (unpaired) electrons. The zero-order valence-electron chi connectivity index (χ0n) is 17.6. The highest BCUT2D eigenvalue weighted by Crippen LogP contribution is 2.10. The Hall–Kier alpha value is -1.40. The van der Waals surface area contributed by atoms with Crippen LogP contribution in [-0.4, -0.2) is 61.4 Å². The Labute approximate surface area is 164 Å². The summed E-state index contributed by atoms with van der Waals surface area (Å²) in [7, 11) is 5.76. The Kier molecular flexibility index (Phi) is 13.9. The molecular formula is C21H39NO5. The van der Waals surface area contributed by atoms with Gasteiger partial charge < -0.3 is 24.2 Å². The molecule has 6 heteroatoms. The molecule has 0 aliphatic carbocycles. The molecule has 0 amide bonds. The van der Waals surface area contributed by atoms with Crippen molar-refractivity contribution in [2.75, 3.05) is 27.7 Å². The van der Waals surface area contributed by atoms with Gasteiger partial charge in [0.2, 0.25) is 0 Å². The third-order valence-electron chi connectivity index (χ3n) is 4.16. The number of ether oxygens (including phenoxy) is 1. The van der Waals surface area contributed by atoms with Gasteiger partial charge in [-0.25, -0.2) is 0 Å². The van der Waals surface area contributed by atoms with E-state index in [1.807, 2.05) is 33.3 Å². The number of quaternary nitrogens is 1.